The highest BCUT2D eigenvalue weighted by molar-refractivity contribution is 7.13. The lowest BCUT2D eigenvalue weighted by molar-refractivity contribution is -0.144. The fraction of sp³-hybridized carbons (Fsp3) is 0.632. The van der Waals surface area contributed by atoms with E-state index in [9.17, 15) is 33.9 Å². The molecule has 2 spiro atoms. The Bertz CT molecular complexity index is 3290. The molecule has 6 fully saturated rings. The van der Waals surface area contributed by atoms with Crippen LogP contribution in [0.3, 0.4) is 0 Å². The number of anilines is 3. The maximum atomic E-state index is 15.8. The van der Waals surface area contributed by atoms with Gasteiger partial charge in [-0.15, -0.1) is 11.3 Å². The summed E-state index contributed by atoms with van der Waals surface area (Å²) in [5.74, 6) is -1.33. The fourth-order valence-electron chi connectivity index (χ4n) is 14.3. The standard InChI is InChI=1S/C68H97F2N15O7S/c1-45(47-10-12-48(13-11-47)61-46(2)76-44-93-61)77-63(91)54-33-50(86)37-85(54)64(92)62(65(3,4)5)78-58(88)15-14-57(87)72-24-9-25-81-28-18-67(40-81)19-29-82(41-67)38-59(89)73-23-8-22-71-55-35-56(75-43-74-55)83-30-20-68(21-31-83)42-84(39-60(90)79-68)53-34-51(69)49(32-52(53)70)36-80-26-16-66(6,7)17-27-80/h10-13,32,34-35,43-45,50,54,62,86H,8-9,14-31,33,36-42H2,1-7H3,(H,72,87)(H,73,89)(H,77,91)(H,78,88)(H,79,90)(H,71,74,75)/t45-,50+,54-,62+,67+/m0/s1. The molecule has 0 bridgehead atoms. The van der Waals surface area contributed by atoms with Crippen LogP contribution in [0, 0.1) is 34.8 Å². The molecule has 0 unspecified atom stereocenters. The van der Waals surface area contributed by atoms with E-state index in [2.05, 4.69) is 80.3 Å². The van der Waals surface area contributed by atoms with E-state index in [1.54, 1.807) is 16.2 Å². The average Bonchev–Trinajstić information content (AvgIpc) is 1.31. The molecule has 2 aromatic heterocycles. The number of aliphatic hydroxyl groups is 1. The zero-order chi connectivity index (χ0) is 66.2. The van der Waals surface area contributed by atoms with Crippen LogP contribution in [0.5, 0.6) is 0 Å². The number of aromatic nitrogens is 3. The van der Waals surface area contributed by atoms with Crippen LogP contribution in [-0.4, -0.2) is 204 Å². The molecular formula is C68H97F2N15O7S. The van der Waals surface area contributed by atoms with Gasteiger partial charge in [0.1, 0.15) is 41.7 Å². The normalized spacial score (nSPS) is 22.4. The molecule has 2 aromatic carbocycles. The number of nitrogens with zero attached hydrogens (tertiary/aromatic N) is 9. The van der Waals surface area contributed by atoms with Gasteiger partial charge in [-0.1, -0.05) is 58.9 Å². The van der Waals surface area contributed by atoms with Crippen molar-refractivity contribution in [1.29, 1.82) is 0 Å². The highest BCUT2D eigenvalue weighted by atomic mass is 32.1. The molecule has 7 N–H and O–H groups in total. The third-order valence-corrected chi connectivity index (χ3v) is 21.0. The number of benzene rings is 2. The number of amides is 6. The van der Waals surface area contributed by atoms with Crippen LogP contribution in [0.1, 0.15) is 135 Å². The summed E-state index contributed by atoms with van der Waals surface area (Å²) in [4.78, 5) is 107. The summed E-state index contributed by atoms with van der Waals surface area (Å²) < 4.78 is 31.3. The van der Waals surface area contributed by atoms with Crippen molar-refractivity contribution in [2.24, 2.45) is 16.2 Å². The van der Waals surface area contributed by atoms with Crippen LogP contribution in [0.25, 0.3) is 10.4 Å². The van der Waals surface area contributed by atoms with Crippen LogP contribution < -0.4 is 41.7 Å². The largest absolute Gasteiger partial charge is 0.391 e. The first-order valence-corrected chi connectivity index (χ1v) is 34.3. The molecule has 0 saturated carbocycles. The predicted molar refractivity (Wildman–Crippen MR) is 355 cm³/mol. The molecule has 22 nitrogen and oxygen atoms in total. The van der Waals surface area contributed by atoms with E-state index in [1.165, 1.54) is 23.4 Å². The number of rotatable bonds is 24. The number of carbonyl (C=O) groups excluding carboxylic acids is 6. The fourth-order valence-corrected chi connectivity index (χ4v) is 15.1. The lowest BCUT2D eigenvalue weighted by atomic mass is 9.82. The molecule has 10 rings (SSSR count). The molecule has 6 amide bonds. The number of piperidine rings is 2. The first kappa shape index (κ1) is 68.9. The van der Waals surface area contributed by atoms with E-state index >= 15 is 8.78 Å². The van der Waals surface area contributed by atoms with E-state index in [4.69, 9.17) is 0 Å². The molecule has 25 heteroatoms. The molecular weight excluding hydrogens is 1210 g/mol. The number of aryl methyl sites for hydroxylation is 1. The minimum absolute atomic E-state index is 0.00501. The van der Waals surface area contributed by atoms with Crippen molar-refractivity contribution in [3.05, 3.63) is 82.8 Å². The first-order chi connectivity index (χ1) is 44.3. The second-order valence-electron chi connectivity index (χ2n) is 29.0. The van der Waals surface area contributed by atoms with Crippen molar-refractivity contribution >= 4 is 64.1 Å². The Kier molecular flexibility index (Phi) is 22.1. The first-order valence-electron chi connectivity index (χ1n) is 33.5. The van der Waals surface area contributed by atoms with Crippen LogP contribution in [0.2, 0.25) is 0 Å². The number of halogens is 2. The van der Waals surface area contributed by atoms with Gasteiger partial charge in [0.15, 0.2) is 0 Å². The van der Waals surface area contributed by atoms with Crippen LogP contribution >= 0.6 is 11.3 Å². The summed E-state index contributed by atoms with van der Waals surface area (Å²) in [6.07, 6.45) is 7.25. The SMILES string of the molecule is Cc1ncsc1-c1ccc([C@H](C)NC(=O)[C@@H]2C[C@@H](O)CN2C(=O)[C@@H](NC(=O)CCC(=O)NCCCN2CC[C@@]3(CCN(CC(=O)NCCCNc4cc(N5CCC6(CC5)CN(c5cc(F)c(CN7CCC(C)(C)CC7)cc5F)CC(=O)N6)ncn4)C3)C2)C(C)(C)C)cc1. The minimum Gasteiger partial charge on any atom is -0.391 e. The maximum absolute atomic E-state index is 15.8. The Morgan fingerprint density at radius 1 is 0.774 bits per heavy atom. The summed E-state index contributed by atoms with van der Waals surface area (Å²) >= 11 is 1.57. The van der Waals surface area contributed by atoms with E-state index in [0.717, 1.165) is 105 Å². The smallest absolute Gasteiger partial charge is 0.246 e. The molecule has 4 aromatic rings. The molecule has 6 aliphatic rings. The number of carbonyl (C=O) groups is 6. The quantitative estimate of drug-likeness (QED) is 0.0412. The molecule has 506 valence electrons. The summed E-state index contributed by atoms with van der Waals surface area (Å²) in [6, 6.07) is 10.1. The topological polar surface area (TPSA) is 253 Å². The van der Waals surface area contributed by atoms with E-state index in [0.29, 0.717) is 83.0 Å². The Hall–Kier alpha value is -6.93. The Balaban J connectivity index is 0.578. The van der Waals surface area contributed by atoms with E-state index < -0.39 is 52.6 Å². The number of hydrogen-bond donors (Lipinski definition) is 7. The molecule has 6 aliphatic heterocycles. The summed E-state index contributed by atoms with van der Waals surface area (Å²) in [5, 5.41) is 29.2. The minimum atomic E-state index is -1.01. The Morgan fingerprint density at radius 2 is 1.46 bits per heavy atom. The van der Waals surface area contributed by atoms with Crippen molar-refractivity contribution in [2.75, 3.05) is 120 Å². The lowest BCUT2D eigenvalue weighted by Gasteiger charge is -2.48. The number of piperazine rings is 1. The van der Waals surface area contributed by atoms with Gasteiger partial charge in [-0.25, -0.2) is 23.7 Å². The van der Waals surface area contributed by atoms with Gasteiger partial charge in [-0.2, -0.15) is 0 Å². The number of β-amino-alcohol motifs (C(OH)–C–C–N with tert-alkyl or cyclic N) is 1. The molecule has 0 aliphatic carbocycles. The molecule has 8 heterocycles. The summed E-state index contributed by atoms with van der Waals surface area (Å²) in [6.45, 7) is 23.6. The Morgan fingerprint density at radius 3 is 2.18 bits per heavy atom. The van der Waals surface area contributed by atoms with E-state index in [1.807, 2.05) is 70.5 Å². The van der Waals surface area contributed by atoms with Gasteiger partial charge in [0, 0.05) is 102 Å². The second-order valence-corrected chi connectivity index (χ2v) is 29.8. The van der Waals surface area contributed by atoms with Crippen molar-refractivity contribution in [1.82, 2.24) is 61.1 Å². The zero-order valence-electron chi connectivity index (χ0n) is 55.4. The van der Waals surface area contributed by atoms with Crippen molar-refractivity contribution in [3.8, 4) is 10.4 Å². The number of aliphatic hydroxyl groups excluding tert-OH is 1. The number of thiazole rings is 1. The summed E-state index contributed by atoms with van der Waals surface area (Å²) in [5.41, 5.74) is 4.19. The van der Waals surface area contributed by atoms with Gasteiger partial charge >= 0.3 is 0 Å². The maximum Gasteiger partial charge on any atom is 0.246 e. The van der Waals surface area contributed by atoms with Gasteiger partial charge < -0.3 is 56.6 Å². The van der Waals surface area contributed by atoms with Crippen LogP contribution in [0.4, 0.5) is 26.1 Å². The highest BCUT2D eigenvalue weighted by Crippen LogP contribution is 2.40. The Labute approximate surface area is 550 Å². The van der Waals surface area contributed by atoms with Gasteiger partial charge in [-0.05, 0) is 131 Å². The van der Waals surface area contributed by atoms with Gasteiger partial charge in [0.2, 0.25) is 35.4 Å². The molecule has 0 radical (unpaired) electrons. The predicted octanol–water partition coefficient (Wildman–Crippen LogP) is 5.76. The molecule has 5 atom stereocenters. The number of hydrogen-bond acceptors (Lipinski definition) is 17. The second kappa shape index (κ2) is 29.8. The lowest BCUT2D eigenvalue weighted by Crippen LogP contribution is -2.66. The van der Waals surface area contributed by atoms with E-state index in [-0.39, 0.29) is 78.5 Å². The van der Waals surface area contributed by atoms with Crippen molar-refractivity contribution in [2.45, 2.75) is 155 Å². The highest BCUT2D eigenvalue weighted by Gasteiger charge is 2.47. The molecule has 93 heavy (non-hydrogen) atoms. The van der Waals surface area contributed by atoms with Gasteiger partial charge in [0.05, 0.1) is 52.5 Å². The van der Waals surface area contributed by atoms with Gasteiger partial charge in [0.25, 0.3) is 0 Å². The number of nitrogens with one attached hydrogen (secondary N) is 6. The van der Waals surface area contributed by atoms with Crippen LogP contribution in [0.15, 0.2) is 54.3 Å². The zero-order valence-corrected chi connectivity index (χ0v) is 56.2. The van der Waals surface area contributed by atoms with Crippen molar-refractivity contribution < 1.29 is 42.7 Å². The van der Waals surface area contributed by atoms with Crippen molar-refractivity contribution in [3.63, 3.8) is 0 Å². The summed E-state index contributed by atoms with van der Waals surface area (Å²) in [7, 11) is 0. The van der Waals surface area contributed by atoms with Crippen LogP contribution in [-0.2, 0) is 35.3 Å². The number of likely N-dealkylation sites (tertiary alicyclic amines) is 4. The van der Waals surface area contributed by atoms with Gasteiger partial charge in [-0.3, -0.25) is 38.6 Å². The average molecular weight is 1310 g/mol. The molecule has 6 saturated heterocycles. The third kappa shape index (κ3) is 17.9. The monoisotopic (exact) mass is 1310 g/mol. The third-order valence-electron chi connectivity index (χ3n) is 20.0.